The van der Waals surface area contributed by atoms with Crippen LogP contribution < -0.4 is 26.2 Å². The van der Waals surface area contributed by atoms with E-state index in [0.29, 0.717) is 18.2 Å². The summed E-state index contributed by atoms with van der Waals surface area (Å²) < 4.78 is 0. The number of fused-ring (bicyclic) bond motifs is 1. The lowest BCUT2D eigenvalue weighted by Crippen LogP contribution is -2.56. The molecule has 1 aliphatic heterocycles. The molecule has 0 spiro atoms. The van der Waals surface area contributed by atoms with E-state index in [0.717, 1.165) is 56.0 Å². The molecule has 1 atom stereocenters. The molecule has 2 aliphatic carbocycles. The first kappa shape index (κ1) is 33.1. The van der Waals surface area contributed by atoms with Crippen LogP contribution in [0.4, 0.5) is 17.5 Å². The second-order valence-electron chi connectivity index (χ2n) is 11.0. The van der Waals surface area contributed by atoms with Crippen molar-refractivity contribution < 1.29 is 4.79 Å². The molecule has 39 heavy (non-hydrogen) atoms. The normalized spacial score (nSPS) is 22.7. The summed E-state index contributed by atoms with van der Waals surface area (Å²) >= 11 is 0. The van der Waals surface area contributed by atoms with Crippen LogP contribution in [0.5, 0.6) is 0 Å². The van der Waals surface area contributed by atoms with Gasteiger partial charge in [0.05, 0.1) is 18.1 Å². The Morgan fingerprint density at radius 2 is 1.77 bits per heavy atom. The summed E-state index contributed by atoms with van der Waals surface area (Å²) in [5, 5.41) is 13.6. The molecule has 1 amide bonds. The molecule has 2 saturated carbocycles. The summed E-state index contributed by atoms with van der Waals surface area (Å²) in [7, 11) is 3.95. The summed E-state index contributed by atoms with van der Waals surface area (Å²) in [6, 6.07) is 1.10. The standard InChI is InChI=1S/C20H34N6.C8H18N2O.C2H6/c1-14-8-10-16(11-9-14)26-18(21-2)13-22-17-12-23-20(25-19(17)26)24-15-6-4-3-5-7-15;1-4-6-10(8(2)11)7-5-9-3;1-2/h12,14-16,18,21-22H,3-11,13H2,1-2H3,(H,23,24,25);9H,4-7H2,1-3H3;1-2H3. The summed E-state index contributed by atoms with van der Waals surface area (Å²) in [5.74, 6) is 2.89. The van der Waals surface area contributed by atoms with Gasteiger partial charge in [-0.1, -0.05) is 47.0 Å². The second-order valence-corrected chi connectivity index (χ2v) is 11.0. The van der Waals surface area contributed by atoms with Crippen LogP contribution in [0.2, 0.25) is 0 Å². The number of nitrogens with one attached hydrogen (secondary N) is 4. The number of likely N-dealkylation sites (N-methyl/N-ethyl adjacent to an activating group) is 2. The van der Waals surface area contributed by atoms with E-state index in [2.05, 4.69) is 52.0 Å². The Morgan fingerprint density at radius 3 is 2.36 bits per heavy atom. The van der Waals surface area contributed by atoms with Gasteiger partial charge in [-0.15, -0.1) is 0 Å². The Morgan fingerprint density at radius 1 is 1.08 bits per heavy atom. The smallest absolute Gasteiger partial charge is 0.224 e. The van der Waals surface area contributed by atoms with Crippen molar-refractivity contribution in [2.45, 2.75) is 117 Å². The Labute approximate surface area is 238 Å². The highest BCUT2D eigenvalue weighted by molar-refractivity contribution is 5.73. The monoisotopic (exact) mass is 546 g/mol. The van der Waals surface area contributed by atoms with Crippen LogP contribution in [0.3, 0.4) is 0 Å². The maximum Gasteiger partial charge on any atom is 0.224 e. The molecule has 3 aliphatic rings. The van der Waals surface area contributed by atoms with Gasteiger partial charge in [0, 0.05) is 45.2 Å². The molecule has 0 bridgehead atoms. The summed E-state index contributed by atoms with van der Waals surface area (Å²) in [5.41, 5.74) is 1.07. The predicted octanol–water partition coefficient (Wildman–Crippen LogP) is 5.07. The fourth-order valence-electron chi connectivity index (χ4n) is 5.78. The third kappa shape index (κ3) is 10.4. The molecule has 4 N–H and O–H groups in total. The van der Waals surface area contributed by atoms with Crippen molar-refractivity contribution in [3.63, 3.8) is 0 Å². The lowest BCUT2D eigenvalue weighted by atomic mass is 9.86. The molecule has 1 aromatic heterocycles. The van der Waals surface area contributed by atoms with Gasteiger partial charge in [0.25, 0.3) is 0 Å². The number of carbonyl (C=O) groups excluding carboxylic acids is 1. The third-order valence-corrected chi connectivity index (χ3v) is 8.06. The zero-order valence-electron chi connectivity index (χ0n) is 26.0. The molecular weight excluding hydrogens is 488 g/mol. The van der Waals surface area contributed by atoms with E-state index in [1.165, 1.54) is 57.8 Å². The van der Waals surface area contributed by atoms with Crippen LogP contribution >= 0.6 is 0 Å². The highest BCUT2D eigenvalue weighted by Gasteiger charge is 2.34. The molecule has 9 nitrogen and oxygen atoms in total. The number of hydrogen-bond donors (Lipinski definition) is 4. The number of nitrogens with zero attached hydrogens (tertiary/aromatic N) is 4. The fourth-order valence-corrected chi connectivity index (χ4v) is 5.78. The van der Waals surface area contributed by atoms with E-state index in [1.54, 1.807) is 6.92 Å². The number of hydrogen-bond acceptors (Lipinski definition) is 8. The molecule has 2 fully saturated rings. The van der Waals surface area contributed by atoms with Gasteiger partial charge in [0.1, 0.15) is 0 Å². The quantitative estimate of drug-likeness (QED) is 0.341. The van der Waals surface area contributed by atoms with Gasteiger partial charge in [-0.3, -0.25) is 10.1 Å². The Hall–Kier alpha value is -2.13. The molecule has 1 aromatic rings. The van der Waals surface area contributed by atoms with Crippen LogP contribution in [-0.4, -0.2) is 79.3 Å². The van der Waals surface area contributed by atoms with Crippen LogP contribution in [0, 0.1) is 5.92 Å². The number of aromatic nitrogens is 2. The third-order valence-electron chi connectivity index (χ3n) is 8.06. The first-order valence-corrected chi connectivity index (χ1v) is 15.7. The second kappa shape index (κ2) is 18.3. The molecular formula is C30H58N8O. The van der Waals surface area contributed by atoms with Gasteiger partial charge in [-0.25, -0.2) is 4.98 Å². The van der Waals surface area contributed by atoms with Crippen molar-refractivity contribution in [1.29, 1.82) is 0 Å². The maximum absolute atomic E-state index is 10.9. The number of carbonyl (C=O) groups is 1. The largest absolute Gasteiger partial charge is 0.377 e. The van der Waals surface area contributed by atoms with E-state index in [-0.39, 0.29) is 5.91 Å². The molecule has 9 heteroatoms. The average Bonchev–Trinajstić information content (AvgIpc) is 2.97. The molecule has 0 aromatic carbocycles. The topological polar surface area (TPSA) is 97.5 Å². The van der Waals surface area contributed by atoms with Crippen LogP contribution in [0.1, 0.15) is 98.8 Å². The zero-order valence-corrected chi connectivity index (χ0v) is 26.0. The first-order valence-electron chi connectivity index (χ1n) is 15.7. The van der Waals surface area contributed by atoms with Crippen molar-refractivity contribution in [2.75, 3.05) is 55.8 Å². The van der Waals surface area contributed by atoms with Crippen molar-refractivity contribution >= 4 is 23.4 Å². The number of amides is 1. The van der Waals surface area contributed by atoms with Crippen molar-refractivity contribution in [2.24, 2.45) is 5.92 Å². The first-order chi connectivity index (χ1) is 19.0. The summed E-state index contributed by atoms with van der Waals surface area (Å²) in [6.45, 7) is 13.5. The fraction of sp³-hybridized carbons (Fsp3) is 0.833. The minimum atomic E-state index is 0.169. The maximum atomic E-state index is 10.9. The van der Waals surface area contributed by atoms with Gasteiger partial charge in [-0.2, -0.15) is 4.98 Å². The molecule has 2 heterocycles. The number of rotatable bonds is 9. The minimum absolute atomic E-state index is 0.169. The van der Waals surface area contributed by atoms with Crippen molar-refractivity contribution in [1.82, 2.24) is 25.5 Å². The van der Waals surface area contributed by atoms with E-state index >= 15 is 0 Å². The lowest BCUT2D eigenvalue weighted by molar-refractivity contribution is -0.128. The van der Waals surface area contributed by atoms with Gasteiger partial charge in [0.15, 0.2) is 5.82 Å². The van der Waals surface area contributed by atoms with Gasteiger partial charge >= 0.3 is 0 Å². The van der Waals surface area contributed by atoms with E-state index in [1.807, 2.05) is 32.0 Å². The lowest BCUT2D eigenvalue weighted by Gasteiger charge is -2.45. The molecule has 0 saturated heterocycles. The molecule has 224 valence electrons. The predicted molar refractivity (Wildman–Crippen MR) is 166 cm³/mol. The van der Waals surface area contributed by atoms with Gasteiger partial charge < -0.3 is 25.8 Å². The van der Waals surface area contributed by atoms with E-state index < -0.39 is 0 Å². The van der Waals surface area contributed by atoms with E-state index in [9.17, 15) is 4.79 Å². The summed E-state index contributed by atoms with van der Waals surface area (Å²) in [6.07, 6.45) is 14.9. The van der Waals surface area contributed by atoms with E-state index in [4.69, 9.17) is 4.98 Å². The van der Waals surface area contributed by atoms with Crippen LogP contribution in [0.25, 0.3) is 0 Å². The Bertz CT molecular complexity index is 808. The van der Waals surface area contributed by atoms with Gasteiger partial charge in [0.2, 0.25) is 11.9 Å². The average molecular weight is 547 g/mol. The highest BCUT2D eigenvalue weighted by atomic mass is 16.2. The molecule has 0 radical (unpaired) electrons. The molecule has 1 unspecified atom stereocenters. The molecule has 4 rings (SSSR count). The Balaban J connectivity index is 0.000000349. The van der Waals surface area contributed by atoms with Gasteiger partial charge in [-0.05, 0) is 65.0 Å². The minimum Gasteiger partial charge on any atom is -0.377 e. The van der Waals surface area contributed by atoms with Crippen LogP contribution in [0.15, 0.2) is 6.20 Å². The van der Waals surface area contributed by atoms with Crippen LogP contribution in [-0.2, 0) is 4.79 Å². The Kier molecular flexibility index (Phi) is 15.5. The van der Waals surface area contributed by atoms with Crippen molar-refractivity contribution in [3.8, 4) is 0 Å². The zero-order chi connectivity index (χ0) is 28.6. The number of anilines is 3. The summed E-state index contributed by atoms with van der Waals surface area (Å²) in [4.78, 5) is 24.9. The SMILES string of the molecule is CC.CCCN(CCNC)C(C)=O.CNC1CNc2cnc(NC3CCCCC3)nc2N1C1CCC(C)CC1. The van der Waals surface area contributed by atoms with Crippen molar-refractivity contribution in [3.05, 3.63) is 6.20 Å². The highest BCUT2D eigenvalue weighted by Crippen LogP contribution is 2.36.